The molecular formula is C37H54Si. The van der Waals surface area contributed by atoms with Crippen molar-refractivity contribution in [3.05, 3.63) is 108 Å². The van der Waals surface area contributed by atoms with Crippen LogP contribution in [0.1, 0.15) is 114 Å². The summed E-state index contributed by atoms with van der Waals surface area (Å²) in [5, 5.41) is 0. The van der Waals surface area contributed by atoms with Crippen LogP contribution < -0.4 is 0 Å². The summed E-state index contributed by atoms with van der Waals surface area (Å²) in [5.74, 6) is 0. The van der Waals surface area contributed by atoms with Crippen molar-refractivity contribution in [2.45, 2.75) is 121 Å². The Morgan fingerprint density at radius 3 is 0.974 bits per heavy atom. The largest absolute Gasteiger partial charge is 0.0666 e. The number of benzene rings is 3. The van der Waals surface area contributed by atoms with Crippen LogP contribution in [0.3, 0.4) is 0 Å². The van der Waals surface area contributed by atoms with Crippen LogP contribution in [0.2, 0.25) is 6.04 Å². The molecule has 0 radical (unpaired) electrons. The minimum atomic E-state index is -1.62. The lowest BCUT2D eigenvalue weighted by molar-refractivity contribution is 0.538. The Balaban J connectivity index is 1.49. The van der Waals surface area contributed by atoms with Gasteiger partial charge in [0.25, 0.3) is 0 Å². The van der Waals surface area contributed by atoms with Gasteiger partial charge in [-0.05, 0) is 18.1 Å². The molecule has 0 amide bonds. The third kappa shape index (κ3) is 12.6. The van der Waals surface area contributed by atoms with Crippen molar-refractivity contribution < 1.29 is 0 Å². The van der Waals surface area contributed by atoms with Gasteiger partial charge < -0.3 is 0 Å². The molecule has 0 atom stereocenters. The lowest BCUT2D eigenvalue weighted by Gasteiger charge is -2.33. The van der Waals surface area contributed by atoms with Gasteiger partial charge in [0.15, 0.2) is 0 Å². The van der Waals surface area contributed by atoms with Crippen LogP contribution in [-0.2, 0) is 18.1 Å². The van der Waals surface area contributed by atoms with E-state index in [1.54, 1.807) is 0 Å². The summed E-state index contributed by atoms with van der Waals surface area (Å²) in [6.45, 7) is 2.30. The molecule has 206 valence electrons. The maximum atomic E-state index is 2.36. The Morgan fingerprint density at radius 1 is 0.368 bits per heavy atom. The first kappa shape index (κ1) is 30.4. The maximum absolute atomic E-state index is 2.36. The van der Waals surface area contributed by atoms with Crippen molar-refractivity contribution in [3.8, 4) is 0 Å². The van der Waals surface area contributed by atoms with Gasteiger partial charge in [-0.2, -0.15) is 0 Å². The van der Waals surface area contributed by atoms with Crippen molar-refractivity contribution >= 4 is 8.07 Å². The van der Waals surface area contributed by atoms with Crippen LogP contribution in [0, 0.1) is 0 Å². The first-order valence-corrected chi connectivity index (χ1v) is 18.7. The van der Waals surface area contributed by atoms with E-state index in [1.165, 1.54) is 131 Å². The zero-order valence-electron chi connectivity index (χ0n) is 24.4. The number of hydrogen-bond acceptors (Lipinski definition) is 0. The van der Waals surface area contributed by atoms with Crippen LogP contribution in [0.5, 0.6) is 0 Å². The first-order chi connectivity index (χ1) is 18.8. The molecule has 0 unspecified atom stereocenters. The lowest BCUT2D eigenvalue weighted by atomic mass is 10.0. The molecule has 1 heteroatoms. The van der Waals surface area contributed by atoms with Gasteiger partial charge in [-0.1, -0.05) is 211 Å². The van der Waals surface area contributed by atoms with Crippen LogP contribution in [-0.4, -0.2) is 8.07 Å². The quantitative estimate of drug-likeness (QED) is 0.0956. The van der Waals surface area contributed by atoms with E-state index in [4.69, 9.17) is 0 Å². The highest BCUT2D eigenvalue weighted by Gasteiger charge is 2.33. The molecule has 0 aliphatic heterocycles. The zero-order chi connectivity index (χ0) is 26.6. The molecule has 0 saturated heterocycles. The molecule has 3 aromatic rings. The molecule has 0 aromatic heterocycles. The van der Waals surface area contributed by atoms with Crippen molar-refractivity contribution in [3.63, 3.8) is 0 Å². The third-order valence-electron chi connectivity index (χ3n) is 8.33. The van der Waals surface area contributed by atoms with E-state index in [0.717, 1.165) is 0 Å². The van der Waals surface area contributed by atoms with E-state index in [0.29, 0.717) is 0 Å². The van der Waals surface area contributed by atoms with Crippen LogP contribution in [0.15, 0.2) is 91.0 Å². The molecule has 3 rings (SSSR count). The predicted molar refractivity (Wildman–Crippen MR) is 171 cm³/mol. The molecule has 0 fully saturated rings. The Bertz CT molecular complexity index is 833. The first-order valence-electron chi connectivity index (χ1n) is 15.9. The minimum absolute atomic E-state index is 1.29. The summed E-state index contributed by atoms with van der Waals surface area (Å²) in [6, 6.07) is 39.3. The molecule has 0 aliphatic rings. The second-order valence-corrected chi connectivity index (χ2v) is 16.4. The van der Waals surface area contributed by atoms with Crippen molar-refractivity contribution in [1.29, 1.82) is 0 Å². The van der Waals surface area contributed by atoms with Gasteiger partial charge in [0.05, 0.1) is 8.07 Å². The van der Waals surface area contributed by atoms with Crippen molar-refractivity contribution in [1.82, 2.24) is 0 Å². The zero-order valence-corrected chi connectivity index (χ0v) is 25.4. The highest BCUT2D eigenvalue weighted by atomic mass is 28.3. The molecule has 0 N–H and O–H groups in total. The highest BCUT2D eigenvalue weighted by Crippen LogP contribution is 2.29. The molecule has 3 aromatic carbocycles. The number of hydrogen-bond donors (Lipinski definition) is 0. The normalized spacial score (nSPS) is 11.6. The maximum Gasteiger partial charge on any atom is 0.0666 e. The monoisotopic (exact) mass is 526 g/mol. The average Bonchev–Trinajstić information content (AvgIpc) is 2.95. The van der Waals surface area contributed by atoms with Crippen molar-refractivity contribution in [2.75, 3.05) is 0 Å². The molecule has 0 bridgehead atoms. The Morgan fingerprint density at radius 2 is 0.658 bits per heavy atom. The Labute approximate surface area is 236 Å². The molecule has 0 spiro atoms. The van der Waals surface area contributed by atoms with Crippen LogP contribution in [0.25, 0.3) is 0 Å². The molecule has 0 heterocycles. The Hall–Kier alpha value is -2.12. The minimum Gasteiger partial charge on any atom is -0.0654 e. The van der Waals surface area contributed by atoms with E-state index in [9.17, 15) is 0 Å². The van der Waals surface area contributed by atoms with E-state index >= 15 is 0 Å². The smallest absolute Gasteiger partial charge is 0.0654 e. The molecular weight excluding hydrogens is 472 g/mol. The van der Waals surface area contributed by atoms with Crippen LogP contribution in [0.4, 0.5) is 0 Å². The van der Waals surface area contributed by atoms with E-state index in [2.05, 4.69) is 97.9 Å². The van der Waals surface area contributed by atoms with Crippen LogP contribution >= 0.6 is 0 Å². The van der Waals surface area contributed by atoms with E-state index in [1.807, 2.05) is 0 Å². The highest BCUT2D eigenvalue weighted by molar-refractivity contribution is 6.78. The SMILES string of the molecule is CCCCCCCCCCCCCCCC[Si](Cc1ccccc1)(Cc1ccccc1)Cc1ccccc1. The molecule has 0 nitrogen and oxygen atoms in total. The van der Waals surface area contributed by atoms with Gasteiger partial charge >= 0.3 is 0 Å². The fourth-order valence-corrected chi connectivity index (χ4v) is 11.4. The number of rotatable bonds is 21. The standard InChI is InChI=1S/C37H54Si/c1-2-3-4-5-6-7-8-9-10-11-12-13-14-24-31-38(32-35-25-18-15-19-26-35,33-36-27-20-16-21-28-36)34-37-29-22-17-23-30-37/h15-23,25-30H,2-14,24,31-34H2,1H3. The van der Waals surface area contributed by atoms with E-state index in [-0.39, 0.29) is 0 Å². The summed E-state index contributed by atoms with van der Waals surface area (Å²) in [7, 11) is -1.62. The van der Waals surface area contributed by atoms with Gasteiger partial charge in [0, 0.05) is 0 Å². The summed E-state index contributed by atoms with van der Waals surface area (Å²) < 4.78 is 0. The fourth-order valence-electron chi connectivity index (χ4n) is 6.23. The lowest BCUT2D eigenvalue weighted by Crippen LogP contribution is -2.43. The predicted octanol–water partition coefficient (Wildman–Crippen LogP) is 11.3. The summed E-state index contributed by atoms with van der Waals surface area (Å²) in [6.07, 6.45) is 20.1. The van der Waals surface area contributed by atoms with Crippen molar-refractivity contribution in [2.24, 2.45) is 0 Å². The summed E-state index contributed by atoms with van der Waals surface area (Å²) in [5.41, 5.74) is 4.61. The van der Waals surface area contributed by atoms with E-state index < -0.39 is 8.07 Å². The molecule has 0 saturated carbocycles. The van der Waals surface area contributed by atoms with Gasteiger partial charge in [-0.3, -0.25) is 0 Å². The second-order valence-electron chi connectivity index (χ2n) is 11.8. The van der Waals surface area contributed by atoms with Gasteiger partial charge in [0.1, 0.15) is 0 Å². The van der Waals surface area contributed by atoms with Gasteiger partial charge in [0.2, 0.25) is 0 Å². The third-order valence-corrected chi connectivity index (χ3v) is 13.2. The molecule has 38 heavy (non-hydrogen) atoms. The fraction of sp³-hybridized carbons (Fsp3) is 0.514. The topological polar surface area (TPSA) is 0 Å². The molecule has 0 aliphatic carbocycles. The number of unbranched alkanes of at least 4 members (excludes halogenated alkanes) is 13. The summed E-state index contributed by atoms with van der Waals surface area (Å²) in [4.78, 5) is 0. The van der Waals surface area contributed by atoms with Gasteiger partial charge in [-0.25, -0.2) is 0 Å². The second kappa shape index (κ2) is 19.0. The van der Waals surface area contributed by atoms with Gasteiger partial charge in [-0.15, -0.1) is 0 Å². The average molecular weight is 527 g/mol. The summed E-state index contributed by atoms with van der Waals surface area (Å²) >= 11 is 0. The Kier molecular flexibility index (Phi) is 15.2.